The standard InChI is InChI=1S/C60H40N2O/c1-4-18-41(19-5-1)48-26-10-11-29-53(48)60-49(42-20-6-2-7-21-42)30-17-32-56(60)61(47-35-37-59-54(40-47)52-28-13-15-33-58(52)63-59)46-25-16-22-43(38-46)44-34-36-51-50-27-12-14-31-55(50)62(57(51)39-44)45-23-8-3-9-24-45/h1-40H. The summed E-state index contributed by atoms with van der Waals surface area (Å²) >= 11 is 0. The Hall–Kier alpha value is -8.40. The number of benzene rings is 10. The fourth-order valence-corrected chi connectivity index (χ4v) is 9.55. The van der Waals surface area contributed by atoms with E-state index in [0.29, 0.717) is 0 Å². The maximum Gasteiger partial charge on any atom is 0.135 e. The molecule has 0 radical (unpaired) electrons. The van der Waals surface area contributed by atoms with Gasteiger partial charge in [0.2, 0.25) is 0 Å². The molecule has 0 unspecified atom stereocenters. The molecule has 0 aliphatic heterocycles. The quantitative estimate of drug-likeness (QED) is 0.153. The van der Waals surface area contributed by atoms with E-state index in [4.69, 9.17) is 4.42 Å². The molecule has 12 aromatic rings. The summed E-state index contributed by atoms with van der Waals surface area (Å²) in [5.74, 6) is 0. The summed E-state index contributed by atoms with van der Waals surface area (Å²) < 4.78 is 8.78. The van der Waals surface area contributed by atoms with Crippen LogP contribution in [0, 0.1) is 0 Å². The van der Waals surface area contributed by atoms with Crippen LogP contribution < -0.4 is 4.90 Å². The van der Waals surface area contributed by atoms with E-state index in [1.54, 1.807) is 0 Å². The highest BCUT2D eigenvalue weighted by molar-refractivity contribution is 6.11. The molecule has 3 nitrogen and oxygen atoms in total. The van der Waals surface area contributed by atoms with Gasteiger partial charge in [-0.1, -0.05) is 176 Å². The van der Waals surface area contributed by atoms with Gasteiger partial charge in [-0.3, -0.25) is 0 Å². The van der Waals surface area contributed by atoms with E-state index in [9.17, 15) is 0 Å². The Labute approximate surface area is 366 Å². The summed E-state index contributed by atoms with van der Waals surface area (Å²) in [6.07, 6.45) is 0. The van der Waals surface area contributed by atoms with Gasteiger partial charge in [0.05, 0.1) is 16.7 Å². The third-order valence-electron chi connectivity index (χ3n) is 12.4. The molecule has 0 atom stereocenters. The van der Waals surface area contributed by atoms with Crippen LogP contribution in [0.1, 0.15) is 0 Å². The van der Waals surface area contributed by atoms with Crippen molar-refractivity contribution in [3.05, 3.63) is 243 Å². The molecule has 10 aromatic carbocycles. The zero-order valence-electron chi connectivity index (χ0n) is 34.4. The summed E-state index contributed by atoms with van der Waals surface area (Å²) in [5.41, 5.74) is 17.7. The van der Waals surface area contributed by atoms with Crippen LogP contribution in [0.2, 0.25) is 0 Å². The number of fused-ring (bicyclic) bond motifs is 6. The minimum Gasteiger partial charge on any atom is -0.456 e. The lowest BCUT2D eigenvalue weighted by Gasteiger charge is -2.30. The van der Waals surface area contributed by atoms with E-state index in [1.807, 2.05) is 12.1 Å². The molecule has 296 valence electrons. The van der Waals surface area contributed by atoms with E-state index < -0.39 is 0 Å². The highest BCUT2D eigenvalue weighted by atomic mass is 16.3. The SMILES string of the molecule is c1ccc(-c2ccccc2-c2c(-c3ccccc3)cccc2N(c2cccc(-c3ccc4c5ccccc5n(-c5ccccc5)c4c3)c2)c2ccc3oc4ccccc4c3c2)cc1. The summed E-state index contributed by atoms with van der Waals surface area (Å²) in [5, 5.41) is 4.65. The van der Waals surface area contributed by atoms with Crippen molar-refractivity contribution in [3.63, 3.8) is 0 Å². The predicted octanol–water partition coefficient (Wildman–Crippen LogP) is 16.8. The molecule has 0 aliphatic rings. The molecule has 63 heavy (non-hydrogen) atoms. The van der Waals surface area contributed by atoms with E-state index in [-0.39, 0.29) is 0 Å². The third kappa shape index (κ3) is 6.29. The van der Waals surface area contributed by atoms with Crippen molar-refractivity contribution in [1.29, 1.82) is 0 Å². The molecule has 0 aliphatic carbocycles. The van der Waals surface area contributed by atoms with Gasteiger partial charge < -0.3 is 13.9 Å². The van der Waals surface area contributed by atoms with Crippen molar-refractivity contribution in [2.45, 2.75) is 0 Å². The summed E-state index contributed by atoms with van der Waals surface area (Å²) in [6.45, 7) is 0. The first kappa shape index (κ1) is 36.5. The van der Waals surface area contributed by atoms with Gasteiger partial charge in [-0.25, -0.2) is 0 Å². The zero-order chi connectivity index (χ0) is 41.7. The number of furan rings is 1. The van der Waals surface area contributed by atoms with E-state index >= 15 is 0 Å². The van der Waals surface area contributed by atoms with Crippen molar-refractivity contribution in [2.24, 2.45) is 0 Å². The number of anilines is 3. The Balaban J connectivity index is 1.12. The first-order chi connectivity index (χ1) is 31.3. The van der Waals surface area contributed by atoms with Crippen molar-refractivity contribution < 1.29 is 4.42 Å². The normalized spacial score (nSPS) is 11.5. The van der Waals surface area contributed by atoms with Crippen LogP contribution in [0.5, 0.6) is 0 Å². The lowest BCUT2D eigenvalue weighted by molar-refractivity contribution is 0.669. The molecular weight excluding hydrogens is 765 g/mol. The number of rotatable bonds is 8. The van der Waals surface area contributed by atoms with Crippen molar-refractivity contribution in [1.82, 2.24) is 4.57 Å². The summed E-state index contributed by atoms with van der Waals surface area (Å²) in [6, 6.07) is 87.3. The van der Waals surface area contributed by atoms with Crippen LogP contribution in [0.4, 0.5) is 17.1 Å². The van der Waals surface area contributed by atoms with Gasteiger partial charge in [-0.15, -0.1) is 0 Å². The lowest BCUT2D eigenvalue weighted by Crippen LogP contribution is -2.12. The van der Waals surface area contributed by atoms with Gasteiger partial charge in [0.25, 0.3) is 0 Å². The fourth-order valence-electron chi connectivity index (χ4n) is 9.55. The lowest BCUT2D eigenvalue weighted by atomic mass is 9.87. The average molecular weight is 805 g/mol. The monoisotopic (exact) mass is 804 g/mol. The summed E-state index contributed by atoms with van der Waals surface area (Å²) in [4.78, 5) is 2.44. The van der Waals surface area contributed by atoms with E-state index in [1.165, 1.54) is 32.9 Å². The highest BCUT2D eigenvalue weighted by Gasteiger charge is 2.24. The fraction of sp³-hybridized carbons (Fsp3) is 0. The topological polar surface area (TPSA) is 21.3 Å². The van der Waals surface area contributed by atoms with Crippen LogP contribution in [0.15, 0.2) is 247 Å². The molecule has 3 heteroatoms. The van der Waals surface area contributed by atoms with Crippen molar-refractivity contribution in [3.8, 4) is 50.2 Å². The average Bonchev–Trinajstić information content (AvgIpc) is 3.90. The maximum absolute atomic E-state index is 6.39. The van der Waals surface area contributed by atoms with Gasteiger partial charge >= 0.3 is 0 Å². The largest absolute Gasteiger partial charge is 0.456 e. The molecule has 2 heterocycles. The van der Waals surface area contributed by atoms with Gasteiger partial charge in [0, 0.05) is 44.2 Å². The van der Waals surface area contributed by atoms with Crippen LogP contribution >= 0.6 is 0 Å². The summed E-state index contributed by atoms with van der Waals surface area (Å²) in [7, 11) is 0. The van der Waals surface area contributed by atoms with Crippen molar-refractivity contribution >= 4 is 60.8 Å². The Morgan fingerprint density at radius 3 is 1.70 bits per heavy atom. The number of hydrogen-bond acceptors (Lipinski definition) is 2. The second kappa shape index (κ2) is 15.3. The van der Waals surface area contributed by atoms with Gasteiger partial charge in [0.15, 0.2) is 0 Å². The Morgan fingerprint density at radius 2 is 0.889 bits per heavy atom. The van der Waals surface area contributed by atoms with Crippen LogP contribution in [-0.4, -0.2) is 4.57 Å². The van der Waals surface area contributed by atoms with Crippen LogP contribution in [-0.2, 0) is 0 Å². The van der Waals surface area contributed by atoms with Crippen LogP contribution in [0.3, 0.4) is 0 Å². The second-order valence-electron chi connectivity index (χ2n) is 16.1. The van der Waals surface area contributed by atoms with E-state index in [0.717, 1.165) is 78.1 Å². The van der Waals surface area contributed by atoms with Crippen LogP contribution in [0.25, 0.3) is 93.9 Å². The third-order valence-corrected chi connectivity index (χ3v) is 12.4. The number of hydrogen-bond donors (Lipinski definition) is 0. The minimum absolute atomic E-state index is 0.864. The molecule has 0 bridgehead atoms. The first-order valence-corrected chi connectivity index (χ1v) is 21.5. The van der Waals surface area contributed by atoms with Crippen molar-refractivity contribution in [2.75, 3.05) is 4.90 Å². The number of nitrogens with zero attached hydrogens (tertiary/aromatic N) is 2. The molecule has 0 N–H and O–H groups in total. The molecular formula is C60H40N2O. The molecule has 0 spiro atoms. The zero-order valence-corrected chi connectivity index (χ0v) is 34.4. The molecule has 0 fully saturated rings. The first-order valence-electron chi connectivity index (χ1n) is 21.5. The van der Waals surface area contributed by atoms with Gasteiger partial charge in [0.1, 0.15) is 11.2 Å². The molecule has 0 amide bonds. The smallest absolute Gasteiger partial charge is 0.135 e. The van der Waals surface area contributed by atoms with E-state index in [2.05, 4.69) is 240 Å². The highest BCUT2D eigenvalue weighted by Crippen LogP contribution is 2.49. The second-order valence-corrected chi connectivity index (χ2v) is 16.1. The molecule has 0 saturated heterocycles. The van der Waals surface area contributed by atoms with Gasteiger partial charge in [-0.05, 0) is 106 Å². The number of aromatic nitrogens is 1. The predicted molar refractivity (Wildman–Crippen MR) is 264 cm³/mol. The molecule has 12 rings (SSSR count). The molecule has 0 saturated carbocycles. The Kier molecular flexibility index (Phi) is 8.83. The Bertz CT molecular complexity index is 3620. The number of para-hydroxylation sites is 3. The molecule has 2 aromatic heterocycles. The van der Waals surface area contributed by atoms with Gasteiger partial charge in [-0.2, -0.15) is 0 Å². The maximum atomic E-state index is 6.39. The Morgan fingerprint density at radius 1 is 0.317 bits per heavy atom. The minimum atomic E-state index is 0.864.